The second-order valence-corrected chi connectivity index (χ2v) is 5.95. The van der Waals surface area contributed by atoms with Gasteiger partial charge in [0.15, 0.2) is 0 Å². The van der Waals surface area contributed by atoms with E-state index in [1.54, 1.807) is 0 Å². The minimum absolute atomic E-state index is 0.132. The summed E-state index contributed by atoms with van der Waals surface area (Å²) in [6, 6.07) is 8.13. The van der Waals surface area contributed by atoms with Gasteiger partial charge in [-0.15, -0.1) is 12.6 Å². The summed E-state index contributed by atoms with van der Waals surface area (Å²) in [6.07, 6.45) is 2.80. The SMILES string of the molecule is CC1CCC(NC(=O)Cc2ccc(S)cc2)C1C. The number of benzene rings is 1. The van der Waals surface area contributed by atoms with Gasteiger partial charge in [-0.05, 0) is 42.4 Å². The van der Waals surface area contributed by atoms with Crippen LogP contribution in [0.3, 0.4) is 0 Å². The Hall–Kier alpha value is -0.960. The standard InChI is InChI=1S/C15H21NOS/c1-10-3-8-14(11(10)2)16-15(17)9-12-4-6-13(18)7-5-12/h4-7,10-11,14,18H,3,8-9H2,1-2H3,(H,16,17). The highest BCUT2D eigenvalue weighted by Crippen LogP contribution is 2.31. The van der Waals surface area contributed by atoms with E-state index in [0.717, 1.165) is 22.8 Å². The van der Waals surface area contributed by atoms with Crippen LogP contribution in [-0.2, 0) is 11.2 Å². The summed E-state index contributed by atoms with van der Waals surface area (Å²) < 4.78 is 0. The largest absolute Gasteiger partial charge is 0.353 e. The van der Waals surface area contributed by atoms with Gasteiger partial charge in [-0.1, -0.05) is 26.0 Å². The van der Waals surface area contributed by atoms with Crippen LogP contribution < -0.4 is 5.32 Å². The zero-order chi connectivity index (χ0) is 13.1. The minimum Gasteiger partial charge on any atom is -0.353 e. The van der Waals surface area contributed by atoms with E-state index in [9.17, 15) is 4.79 Å². The van der Waals surface area contributed by atoms with Crippen molar-refractivity contribution in [3.63, 3.8) is 0 Å². The number of carbonyl (C=O) groups is 1. The summed E-state index contributed by atoms with van der Waals surface area (Å²) in [6.45, 7) is 4.50. The molecule has 1 aliphatic carbocycles. The van der Waals surface area contributed by atoms with Gasteiger partial charge < -0.3 is 5.32 Å². The Balaban J connectivity index is 1.87. The Kier molecular flexibility index (Phi) is 4.33. The Morgan fingerprint density at radius 1 is 1.28 bits per heavy atom. The van der Waals surface area contributed by atoms with Crippen molar-refractivity contribution < 1.29 is 4.79 Å². The van der Waals surface area contributed by atoms with Crippen LogP contribution in [0.2, 0.25) is 0 Å². The molecule has 2 nitrogen and oxygen atoms in total. The molecular weight excluding hydrogens is 242 g/mol. The molecule has 98 valence electrons. The Bertz CT molecular complexity index is 415. The highest BCUT2D eigenvalue weighted by atomic mass is 32.1. The van der Waals surface area contributed by atoms with Gasteiger partial charge in [0.05, 0.1) is 6.42 Å². The van der Waals surface area contributed by atoms with Crippen molar-refractivity contribution in [3.05, 3.63) is 29.8 Å². The number of amides is 1. The van der Waals surface area contributed by atoms with Crippen molar-refractivity contribution in [2.75, 3.05) is 0 Å². The average molecular weight is 263 g/mol. The predicted molar refractivity (Wildman–Crippen MR) is 76.9 cm³/mol. The van der Waals surface area contributed by atoms with E-state index in [4.69, 9.17) is 0 Å². The fourth-order valence-electron chi connectivity index (χ4n) is 2.63. The lowest BCUT2D eigenvalue weighted by molar-refractivity contribution is -0.121. The number of rotatable bonds is 3. The van der Waals surface area contributed by atoms with Crippen LogP contribution >= 0.6 is 12.6 Å². The van der Waals surface area contributed by atoms with Crippen molar-refractivity contribution in [3.8, 4) is 0 Å². The molecule has 1 aliphatic rings. The average Bonchev–Trinajstić information content (AvgIpc) is 2.64. The Morgan fingerprint density at radius 2 is 1.94 bits per heavy atom. The minimum atomic E-state index is 0.132. The fourth-order valence-corrected chi connectivity index (χ4v) is 2.77. The number of nitrogens with one attached hydrogen (secondary N) is 1. The first-order valence-electron chi connectivity index (χ1n) is 6.63. The molecule has 3 heteroatoms. The maximum Gasteiger partial charge on any atom is 0.224 e. The van der Waals surface area contributed by atoms with Gasteiger partial charge in [0, 0.05) is 10.9 Å². The van der Waals surface area contributed by atoms with E-state index in [0.29, 0.717) is 18.4 Å². The van der Waals surface area contributed by atoms with E-state index >= 15 is 0 Å². The smallest absolute Gasteiger partial charge is 0.224 e. The molecule has 0 aliphatic heterocycles. The van der Waals surface area contributed by atoms with E-state index in [-0.39, 0.29) is 5.91 Å². The first-order chi connectivity index (χ1) is 8.56. The van der Waals surface area contributed by atoms with Crippen molar-refractivity contribution in [2.24, 2.45) is 11.8 Å². The number of hydrogen-bond donors (Lipinski definition) is 2. The summed E-state index contributed by atoms with van der Waals surface area (Å²) in [5, 5.41) is 3.16. The molecule has 1 N–H and O–H groups in total. The van der Waals surface area contributed by atoms with Gasteiger partial charge in [-0.25, -0.2) is 0 Å². The summed E-state index contributed by atoms with van der Waals surface area (Å²) >= 11 is 4.24. The maximum absolute atomic E-state index is 12.0. The van der Waals surface area contributed by atoms with Crippen LogP contribution in [0.5, 0.6) is 0 Å². The molecule has 18 heavy (non-hydrogen) atoms. The molecule has 0 saturated heterocycles. The molecule has 1 saturated carbocycles. The number of thiol groups is 1. The van der Waals surface area contributed by atoms with Gasteiger partial charge in [0.2, 0.25) is 5.91 Å². The predicted octanol–water partition coefficient (Wildman–Crippen LogP) is 3.07. The van der Waals surface area contributed by atoms with Crippen LogP contribution in [-0.4, -0.2) is 11.9 Å². The Morgan fingerprint density at radius 3 is 2.50 bits per heavy atom. The lowest BCUT2D eigenvalue weighted by Gasteiger charge is -2.19. The molecule has 2 rings (SSSR count). The number of hydrogen-bond acceptors (Lipinski definition) is 2. The fraction of sp³-hybridized carbons (Fsp3) is 0.533. The third kappa shape index (κ3) is 3.29. The topological polar surface area (TPSA) is 29.1 Å². The first kappa shape index (κ1) is 13.5. The number of carbonyl (C=O) groups excluding carboxylic acids is 1. The van der Waals surface area contributed by atoms with Crippen LogP contribution in [0.15, 0.2) is 29.2 Å². The summed E-state index contributed by atoms with van der Waals surface area (Å²) in [5.41, 5.74) is 1.05. The zero-order valence-corrected chi connectivity index (χ0v) is 11.9. The third-order valence-corrected chi connectivity index (χ3v) is 4.41. The molecule has 3 unspecified atom stereocenters. The summed E-state index contributed by atoms with van der Waals surface area (Å²) in [5.74, 6) is 1.44. The molecule has 1 amide bonds. The van der Waals surface area contributed by atoms with Gasteiger partial charge >= 0.3 is 0 Å². The van der Waals surface area contributed by atoms with Gasteiger partial charge in [0.1, 0.15) is 0 Å². The second kappa shape index (κ2) is 5.79. The highest BCUT2D eigenvalue weighted by molar-refractivity contribution is 7.80. The maximum atomic E-state index is 12.0. The van der Waals surface area contributed by atoms with Gasteiger partial charge in [0.25, 0.3) is 0 Å². The van der Waals surface area contributed by atoms with Crippen molar-refractivity contribution in [1.29, 1.82) is 0 Å². The lowest BCUT2D eigenvalue weighted by Crippen LogP contribution is -2.38. The van der Waals surface area contributed by atoms with Crippen molar-refractivity contribution in [1.82, 2.24) is 5.32 Å². The van der Waals surface area contributed by atoms with Gasteiger partial charge in [-0.2, -0.15) is 0 Å². The van der Waals surface area contributed by atoms with Crippen LogP contribution in [0.25, 0.3) is 0 Å². The van der Waals surface area contributed by atoms with E-state index in [1.807, 2.05) is 24.3 Å². The van der Waals surface area contributed by atoms with Crippen LogP contribution in [0, 0.1) is 11.8 Å². The van der Waals surface area contributed by atoms with Crippen LogP contribution in [0.1, 0.15) is 32.3 Å². The van der Waals surface area contributed by atoms with E-state index in [2.05, 4.69) is 31.8 Å². The van der Waals surface area contributed by atoms with E-state index in [1.165, 1.54) is 6.42 Å². The second-order valence-electron chi connectivity index (χ2n) is 5.43. The van der Waals surface area contributed by atoms with Crippen molar-refractivity contribution >= 4 is 18.5 Å². The Labute approximate surface area is 115 Å². The molecule has 1 aromatic carbocycles. The molecular formula is C15H21NOS. The normalized spacial score (nSPS) is 27.2. The highest BCUT2D eigenvalue weighted by Gasteiger charge is 2.30. The summed E-state index contributed by atoms with van der Waals surface area (Å²) in [7, 11) is 0. The molecule has 1 aromatic rings. The van der Waals surface area contributed by atoms with E-state index < -0.39 is 0 Å². The zero-order valence-electron chi connectivity index (χ0n) is 11.0. The monoisotopic (exact) mass is 263 g/mol. The molecule has 0 spiro atoms. The molecule has 0 bridgehead atoms. The van der Waals surface area contributed by atoms with Crippen LogP contribution in [0.4, 0.5) is 0 Å². The first-order valence-corrected chi connectivity index (χ1v) is 7.08. The molecule has 3 atom stereocenters. The molecule has 0 aromatic heterocycles. The van der Waals surface area contributed by atoms with Crippen molar-refractivity contribution in [2.45, 2.75) is 44.0 Å². The van der Waals surface area contributed by atoms with Gasteiger partial charge in [-0.3, -0.25) is 4.79 Å². The molecule has 1 fully saturated rings. The third-order valence-electron chi connectivity index (χ3n) is 4.11. The lowest BCUT2D eigenvalue weighted by atomic mass is 9.97. The molecule has 0 heterocycles. The quantitative estimate of drug-likeness (QED) is 0.806. The summed E-state index contributed by atoms with van der Waals surface area (Å²) in [4.78, 5) is 12.9. The molecule has 0 radical (unpaired) electrons.